The van der Waals surface area contributed by atoms with Crippen molar-refractivity contribution in [2.75, 3.05) is 6.54 Å². The van der Waals surface area contributed by atoms with Gasteiger partial charge in [-0.1, -0.05) is 0 Å². The quantitative estimate of drug-likeness (QED) is 0.901. The summed E-state index contributed by atoms with van der Waals surface area (Å²) < 4.78 is 0. The number of thiazole rings is 1. The molecule has 18 heavy (non-hydrogen) atoms. The van der Waals surface area contributed by atoms with Crippen molar-refractivity contribution in [1.82, 2.24) is 15.2 Å². The van der Waals surface area contributed by atoms with E-state index in [1.165, 1.54) is 17.7 Å². The van der Waals surface area contributed by atoms with Crippen LogP contribution in [0.3, 0.4) is 0 Å². The van der Waals surface area contributed by atoms with Gasteiger partial charge >= 0.3 is 0 Å². The number of likely N-dealkylation sites (tertiary alicyclic amines) is 1. The Balaban J connectivity index is 1.62. The summed E-state index contributed by atoms with van der Waals surface area (Å²) in [7, 11) is 0. The van der Waals surface area contributed by atoms with E-state index in [1.54, 1.807) is 11.3 Å². The smallest absolute Gasteiger partial charge is 0.240 e. The molecule has 1 aliphatic carbocycles. The van der Waals surface area contributed by atoms with Gasteiger partial charge in [-0.25, -0.2) is 4.98 Å². The van der Waals surface area contributed by atoms with Gasteiger partial charge < -0.3 is 10.2 Å². The normalized spacial score (nSPS) is 24.6. The molecule has 1 saturated carbocycles. The molecular formula is C13H19N3OS. The maximum absolute atomic E-state index is 12.3. The molecule has 2 fully saturated rings. The highest BCUT2D eigenvalue weighted by atomic mass is 32.1. The summed E-state index contributed by atoms with van der Waals surface area (Å²) in [5, 5.41) is 4.53. The van der Waals surface area contributed by atoms with Gasteiger partial charge in [0.2, 0.25) is 5.91 Å². The van der Waals surface area contributed by atoms with Crippen LogP contribution in [0.1, 0.15) is 35.6 Å². The van der Waals surface area contributed by atoms with Crippen LogP contribution in [0.15, 0.2) is 6.20 Å². The van der Waals surface area contributed by atoms with Crippen LogP contribution in [-0.4, -0.2) is 34.4 Å². The van der Waals surface area contributed by atoms with E-state index in [4.69, 9.17) is 0 Å². The number of rotatable bonds is 4. The fourth-order valence-electron chi connectivity index (χ4n) is 2.45. The van der Waals surface area contributed by atoms with Crippen molar-refractivity contribution >= 4 is 17.2 Å². The molecule has 1 N–H and O–H groups in total. The van der Waals surface area contributed by atoms with Gasteiger partial charge in [-0.3, -0.25) is 4.79 Å². The highest BCUT2D eigenvalue weighted by Gasteiger charge is 2.33. The Morgan fingerprint density at radius 2 is 2.33 bits per heavy atom. The molecule has 2 aliphatic rings. The first-order chi connectivity index (χ1) is 8.72. The van der Waals surface area contributed by atoms with Gasteiger partial charge in [0, 0.05) is 23.7 Å². The summed E-state index contributed by atoms with van der Waals surface area (Å²) in [5.74, 6) is 0.277. The monoisotopic (exact) mass is 265 g/mol. The van der Waals surface area contributed by atoms with Gasteiger partial charge in [-0.15, -0.1) is 11.3 Å². The molecule has 0 bridgehead atoms. The van der Waals surface area contributed by atoms with Crippen LogP contribution in [0.2, 0.25) is 0 Å². The molecule has 1 saturated heterocycles. The second kappa shape index (κ2) is 4.97. The lowest BCUT2D eigenvalue weighted by atomic mass is 10.0. The highest BCUT2D eigenvalue weighted by Crippen LogP contribution is 2.23. The Morgan fingerprint density at radius 1 is 1.50 bits per heavy atom. The topological polar surface area (TPSA) is 45.2 Å². The molecule has 1 aromatic rings. The number of hydrogen-bond acceptors (Lipinski definition) is 4. The third kappa shape index (κ3) is 2.72. The van der Waals surface area contributed by atoms with Crippen molar-refractivity contribution in [3.63, 3.8) is 0 Å². The predicted molar refractivity (Wildman–Crippen MR) is 71.4 cm³/mol. The van der Waals surface area contributed by atoms with Crippen molar-refractivity contribution in [3.8, 4) is 0 Å². The Bertz CT molecular complexity index is 441. The van der Waals surface area contributed by atoms with E-state index in [2.05, 4.69) is 10.3 Å². The third-order valence-corrected chi connectivity index (χ3v) is 4.46. The summed E-state index contributed by atoms with van der Waals surface area (Å²) in [6.45, 7) is 3.62. The van der Waals surface area contributed by atoms with Crippen LogP contribution in [0.25, 0.3) is 0 Å². The lowest BCUT2D eigenvalue weighted by Gasteiger charge is -2.32. The predicted octanol–water partition coefficient (Wildman–Crippen LogP) is 1.69. The molecule has 1 aliphatic heterocycles. The molecule has 98 valence electrons. The van der Waals surface area contributed by atoms with Crippen LogP contribution in [0, 0.1) is 6.92 Å². The molecule has 0 radical (unpaired) electrons. The second-order valence-electron chi connectivity index (χ2n) is 5.24. The average molecular weight is 265 g/mol. The number of aryl methyl sites for hydroxylation is 1. The first-order valence-electron chi connectivity index (χ1n) is 6.68. The number of carbonyl (C=O) groups is 1. The Labute approximate surface area is 111 Å². The lowest BCUT2D eigenvalue weighted by Crippen LogP contribution is -2.50. The van der Waals surface area contributed by atoms with E-state index in [-0.39, 0.29) is 11.9 Å². The molecule has 3 rings (SSSR count). The van der Waals surface area contributed by atoms with Crippen molar-refractivity contribution in [1.29, 1.82) is 0 Å². The van der Waals surface area contributed by atoms with Gasteiger partial charge in [-0.05, 0) is 32.6 Å². The van der Waals surface area contributed by atoms with Crippen LogP contribution < -0.4 is 5.32 Å². The molecule has 2 heterocycles. The molecule has 1 unspecified atom stereocenters. The molecule has 0 aromatic carbocycles. The maximum atomic E-state index is 12.3. The van der Waals surface area contributed by atoms with Gasteiger partial charge in [0.15, 0.2) is 0 Å². The van der Waals surface area contributed by atoms with Crippen LogP contribution in [0.4, 0.5) is 0 Å². The number of aromatic nitrogens is 1. The highest BCUT2D eigenvalue weighted by molar-refractivity contribution is 7.11. The summed E-state index contributed by atoms with van der Waals surface area (Å²) in [5.41, 5.74) is 0. The van der Waals surface area contributed by atoms with E-state index >= 15 is 0 Å². The van der Waals surface area contributed by atoms with E-state index in [9.17, 15) is 4.79 Å². The van der Waals surface area contributed by atoms with Gasteiger partial charge in [-0.2, -0.15) is 0 Å². The minimum atomic E-state index is 0.0558. The van der Waals surface area contributed by atoms with Gasteiger partial charge in [0.05, 0.1) is 17.6 Å². The summed E-state index contributed by atoms with van der Waals surface area (Å²) >= 11 is 1.69. The zero-order valence-corrected chi connectivity index (χ0v) is 11.5. The standard InChI is InChI=1S/C13H19N3OS/c1-9-14-7-11(18-9)8-16-6-2-3-12(13(16)17)15-10-4-5-10/h7,10,12,15H,2-6,8H2,1H3. The van der Waals surface area contributed by atoms with E-state index < -0.39 is 0 Å². The fourth-order valence-corrected chi connectivity index (χ4v) is 3.26. The van der Waals surface area contributed by atoms with Crippen LogP contribution in [-0.2, 0) is 11.3 Å². The van der Waals surface area contributed by atoms with Crippen molar-refractivity contribution < 1.29 is 4.79 Å². The number of piperidine rings is 1. The first kappa shape index (κ1) is 12.1. The Hall–Kier alpha value is -0.940. The number of nitrogens with one attached hydrogen (secondary N) is 1. The third-order valence-electron chi connectivity index (χ3n) is 3.56. The summed E-state index contributed by atoms with van der Waals surface area (Å²) in [6, 6.07) is 0.657. The zero-order valence-electron chi connectivity index (χ0n) is 10.7. The molecule has 5 heteroatoms. The Morgan fingerprint density at radius 3 is 3.00 bits per heavy atom. The molecule has 1 atom stereocenters. The molecule has 4 nitrogen and oxygen atoms in total. The lowest BCUT2D eigenvalue weighted by molar-refractivity contribution is -0.136. The SMILES string of the molecule is Cc1ncc(CN2CCCC(NC3CC3)C2=O)s1. The van der Waals surface area contributed by atoms with Gasteiger partial charge in [0.25, 0.3) is 0 Å². The largest absolute Gasteiger partial charge is 0.336 e. The maximum Gasteiger partial charge on any atom is 0.240 e. The van der Waals surface area contributed by atoms with Crippen molar-refractivity contribution in [2.45, 2.75) is 51.2 Å². The van der Waals surface area contributed by atoms with Gasteiger partial charge in [0.1, 0.15) is 0 Å². The molecule has 1 aromatic heterocycles. The molecular weight excluding hydrogens is 246 g/mol. The average Bonchev–Trinajstić information content (AvgIpc) is 3.07. The van der Waals surface area contributed by atoms with Crippen LogP contribution >= 0.6 is 11.3 Å². The minimum Gasteiger partial charge on any atom is -0.336 e. The molecule has 1 amide bonds. The van der Waals surface area contributed by atoms with Crippen molar-refractivity contribution in [2.24, 2.45) is 0 Å². The molecule has 0 spiro atoms. The number of amides is 1. The second-order valence-corrected chi connectivity index (χ2v) is 6.56. The van der Waals surface area contributed by atoms with E-state index in [0.29, 0.717) is 6.04 Å². The summed E-state index contributed by atoms with van der Waals surface area (Å²) in [6.07, 6.45) is 6.46. The fraction of sp³-hybridized carbons (Fsp3) is 0.692. The zero-order chi connectivity index (χ0) is 12.5. The van der Waals surface area contributed by atoms with E-state index in [0.717, 1.165) is 30.9 Å². The Kier molecular flexibility index (Phi) is 3.35. The van der Waals surface area contributed by atoms with Crippen LogP contribution in [0.5, 0.6) is 0 Å². The van der Waals surface area contributed by atoms with E-state index in [1.807, 2.05) is 18.0 Å². The number of hydrogen-bond donors (Lipinski definition) is 1. The van der Waals surface area contributed by atoms with Crippen molar-refractivity contribution in [3.05, 3.63) is 16.1 Å². The number of nitrogens with zero attached hydrogens (tertiary/aromatic N) is 2. The summed E-state index contributed by atoms with van der Waals surface area (Å²) in [4.78, 5) is 19.8. The first-order valence-corrected chi connectivity index (χ1v) is 7.50. The number of carbonyl (C=O) groups excluding carboxylic acids is 1. The minimum absolute atomic E-state index is 0.0558.